The molecule has 1 aromatic heterocycles. The van der Waals surface area contributed by atoms with Crippen molar-refractivity contribution in [1.29, 1.82) is 0 Å². The lowest BCUT2D eigenvalue weighted by molar-refractivity contribution is -0.147. The van der Waals surface area contributed by atoms with E-state index in [0.717, 1.165) is 36.7 Å². The molecule has 4 rings (SSSR count). The van der Waals surface area contributed by atoms with Crippen LogP contribution in [0.15, 0.2) is 24.3 Å². The molecule has 7 nitrogen and oxygen atoms in total. The number of ether oxygens (including phenoxy) is 1. The minimum Gasteiger partial charge on any atom is -0.457 e. The van der Waals surface area contributed by atoms with Crippen molar-refractivity contribution in [2.24, 2.45) is 11.8 Å². The summed E-state index contributed by atoms with van der Waals surface area (Å²) in [7, 11) is 0. The lowest BCUT2D eigenvalue weighted by Gasteiger charge is -2.19. The predicted molar refractivity (Wildman–Crippen MR) is 92.7 cm³/mol. The largest absolute Gasteiger partial charge is 0.457 e. The molecule has 1 aromatic carbocycles. The van der Waals surface area contributed by atoms with Crippen LogP contribution in [-0.2, 0) is 25.7 Å². The standard InChI is InChI=1S/C19H21N3O4/c23-17(26-11-16-20-14-7-3-4-8-15(14)21-16)9-10-22-18(24)12-5-1-2-6-13(12)19(22)25/h3-4,7-8,12-13H,1-2,5-6,9-11H2,(H,20,21)/t12-,13-/m1/s1. The summed E-state index contributed by atoms with van der Waals surface area (Å²) in [6, 6.07) is 7.57. The van der Waals surface area contributed by atoms with E-state index in [9.17, 15) is 14.4 Å². The Labute approximate surface area is 150 Å². The van der Waals surface area contributed by atoms with Gasteiger partial charge in [-0.25, -0.2) is 4.98 Å². The monoisotopic (exact) mass is 355 g/mol. The van der Waals surface area contributed by atoms with Gasteiger partial charge in [0.25, 0.3) is 0 Å². The summed E-state index contributed by atoms with van der Waals surface area (Å²) in [5, 5.41) is 0. The molecule has 0 spiro atoms. The van der Waals surface area contributed by atoms with Gasteiger partial charge >= 0.3 is 5.97 Å². The second-order valence-electron chi connectivity index (χ2n) is 6.94. The van der Waals surface area contributed by atoms with Gasteiger partial charge in [0.2, 0.25) is 11.8 Å². The molecule has 7 heteroatoms. The van der Waals surface area contributed by atoms with Gasteiger partial charge in [0.1, 0.15) is 12.4 Å². The second kappa shape index (κ2) is 6.90. The molecule has 1 aliphatic heterocycles. The number of hydrogen-bond acceptors (Lipinski definition) is 5. The fraction of sp³-hybridized carbons (Fsp3) is 0.474. The molecule has 2 aromatic rings. The number of amides is 2. The number of imide groups is 1. The molecule has 2 atom stereocenters. The van der Waals surface area contributed by atoms with E-state index in [2.05, 4.69) is 9.97 Å². The summed E-state index contributed by atoms with van der Waals surface area (Å²) in [6.07, 6.45) is 3.56. The lowest BCUT2D eigenvalue weighted by atomic mass is 9.81. The smallest absolute Gasteiger partial charge is 0.308 e. The van der Waals surface area contributed by atoms with Crippen molar-refractivity contribution >= 4 is 28.8 Å². The van der Waals surface area contributed by atoms with E-state index in [4.69, 9.17) is 4.74 Å². The van der Waals surface area contributed by atoms with Crippen LogP contribution in [0.25, 0.3) is 11.0 Å². The maximum Gasteiger partial charge on any atom is 0.308 e. The maximum absolute atomic E-state index is 12.4. The van der Waals surface area contributed by atoms with Crippen LogP contribution in [0.4, 0.5) is 0 Å². The zero-order chi connectivity index (χ0) is 18.1. The Kier molecular flexibility index (Phi) is 4.44. The number of carbonyl (C=O) groups is 3. The summed E-state index contributed by atoms with van der Waals surface area (Å²) >= 11 is 0. The van der Waals surface area contributed by atoms with E-state index in [-0.39, 0.29) is 43.2 Å². The van der Waals surface area contributed by atoms with Crippen LogP contribution < -0.4 is 0 Å². The minimum atomic E-state index is -0.444. The van der Waals surface area contributed by atoms with E-state index in [1.807, 2.05) is 24.3 Å². The van der Waals surface area contributed by atoms with Gasteiger partial charge in [-0.15, -0.1) is 0 Å². The Hall–Kier alpha value is -2.70. The first-order chi connectivity index (χ1) is 12.6. The van der Waals surface area contributed by atoms with E-state index in [1.165, 1.54) is 4.90 Å². The van der Waals surface area contributed by atoms with Crippen LogP contribution in [0, 0.1) is 11.8 Å². The second-order valence-corrected chi connectivity index (χ2v) is 6.94. The van der Waals surface area contributed by atoms with Crippen molar-refractivity contribution < 1.29 is 19.1 Å². The third-order valence-electron chi connectivity index (χ3n) is 5.28. The van der Waals surface area contributed by atoms with Crippen LogP contribution in [0.1, 0.15) is 37.9 Å². The fourth-order valence-corrected chi connectivity index (χ4v) is 3.95. The van der Waals surface area contributed by atoms with Crippen LogP contribution in [0.3, 0.4) is 0 Å². The van der Waals surface area contributed by atoms with E-state index in [0.29, 0.717) is 5.82 Å². The van der Waals surface area contributed by atoms with Gasteiger partial charge in [-0.2, -0.15) is 0 Å². The van der Waals surface area contributed by atoms with E-state index < -0.39 is 5.97 Å². The average molecular weight is 355 g/mol. The van der Waals surface area contributed by atoms with Crippen molar-refractivity contribution in [3.63, 3.8) is 0 Å². The number of aromatic amines is 1. The number of hydrogen-bond donors (Lipinski definition) is 1. The van der Waals surface area contributed by atoms with Crippen LogP contribution in [-0.4, -0.2) is 39.2 Å². The molecule has 1 aliphatic carbocycles. The summed E-state index contributed by atoms with van der Waals surface area (Å²) in [4.78, 5) is 45.4. The molecule has 2 aliphatic rings. The minimum absolute atomic E-state index is 0.0111. The number of carbonyl (C=O) groups excluding carboxylic acids is 3. The summed E-state index contributed by atoms with van der Waals surface area (Å²) in [6.45, 7) is 0.143. The van der Waals surface area contributed by atoms with Crippen molar-refractivity contribution in [1.82, 2.24) is 14.9 Å². The van der Waals surface area contributed by atoms with Crippen molar-refractivity contribution in [2.45, 2.75) is 38.7 Å². The first-order valence-corrected chi connectivity index (χ1v) is 9.08. The maximum atomic E-state index is 12.4. The van der Waals surface area contributed by atoms with Crippen LogP contribution in [0.2, 0.25) is 0 Å². The van der Waals surface area contributed by atoms with Crippen molar-refractivity contribution in [3.05, 3.63) is 30.1 Å². The number of rotatable bonds is 5. The number of likely N-dealkylation sites (tertiary alicyclic amines) is 1. The highest BCUT2D eigenvalue weighted by molar-refractivity contribution is 6.05. The Morgan fingerprint density at radius 1 is 1.15 bits per heavy atom. The Morgan fingerprint density at radius 2 is 1.85 bits per heavy atom. The zero-order valence-electron chi connectivity index (χ0n) is 14.4. The number of nitrogens with one attached hydrogen (secondary N) is 1. The van der Waals surface area contributed by atoms with Gasteiger partial charge in [-0.05, 0) is 25.0 Å². The molecule has 0 radical (unpaired) electrons. The SMILES string of the molecule is O=C(CCN1C(=O)[C@@H]2CCCC[C@H]2C1=O)OCc1nc2ccccc2[nH]1. The van der Waals surface area contributed by atoms with E-state index in [1.54, 1.807) is 0 Å². The topological polar surface area (TPSA) is 92.4 Å². The van der Waals surface area contributed by atoms with Gasteiger partial charge in [-0.1, -0.05) is 25.0 Å². The Morgan fingerprint density at radius 3 is 2.54 bits per heavy atom. The highest BCUT2D eigenvalue weighted by atomic mass is 16.5. The quantitative estimate of drug-likeness (QED) is 0.655. The highest BCUT2D eigenvalue weighted by Gasteiger charge is 2.47. The number of fused-ring (bicyclic) bond motifs is 2. The molecule has 2 heterocycles. The van der Waals surface area contributed by atoms with Crippen molar-refractivity contribution in [2.75, 3.05) is 6.54 Å². The molecule has 26 heavy (non-hydrogen) atoms. The summed E-state index contributed by atoms with van der Waals surface area (Å²) < 4.78 is 5.22. The number of H-pyrrole nitrogens is 1. The summed E-state index contributed by atoms with van der Waals surface area (Å²) in [5.74, 6) is -0.472. The molecule has 2 amide bonds. The predicted octanol–water partition coefficient (Wildman–Crippen LogP) is 2.17. The molecule has 136 valence electrons. The average Bonchev–Trinajstić information content (AvgIpc) is 3.18. The molecule has 2 fully saturated rings. The number of imidazole rings is 1. The van der Waals surface area contributed by atoms with E-state index >= 15 is 0 Å². The van der Waals surface area contributed by atoms with Gasteiger partial charge < -0.3 is 9.72 Å². The zero-order valence-corrected chi connectivity index (χ0v) is 14.4. The van der Waals surface area contributed by atoms with Gasteiger partial charge in [-0.3, -0.25) is 19.3 Å². The number of nitrogens with zero attached hydrogens (tertiary/aromatic N) is 2. The number of para-hydroxylation sites is 2. The van der Waals surface area contributed by atoms with Gasteiger partial charge in [0.15, 0.2) is 0 Å². The molecule has 0 bridgehead atoms. The molecule has 1 saturated carbocycles. The summed E-state index contributed by atoms with van der Waals surface area (Å²) in [5.41, 5.74) is 1.70. The van der Waals surface area contributed by atoms with Gasteiger partial charge in [0, 0.05) is 6.54 Å². The molecular formula is C19H21N3O4. The third kappa shape index (κ3) is 3.09. The highest BCUT2D eigenvalue weighted by Crippen LogP contribution is 2.37. The molecule has 0 unspecified atom stereocenters. The molecular weight excluding hydrogens is 334 g/mol. The molecule has 1 saturated heterocycles. The first-order valence-electron chi connectivity index (χ1n) is 9.08. The number of esters is 1. The lowest BCUT2D eigenvalue weighted by Crippen LogP contribution is -2.33. The Bertz CT molecular complexity index is 802. The number of benzene rings is 1. The fourth-order valence-electron chi connectivity index (χ4n) is 3.95. The Balaban J connectivity index is 1.30. The van der Waals surface area contributed by atoms with Crippen molar-refractivity contribution in [3.8, 4) is 0 Å². The van der Waals surface area contributed by atoms with Gasteiger partial charge in [0.05, 0.1) is 29.3 Å². The molecule has 1 N–H and O–H groups in total. The van der Waals surface area contributed by atoms with Crippen LogP contribution >= 0.6 is 0 Å². The first kappa shape index (κ1) is 16.8. The normalized spacial score (nSPS) is 22.7. The van der Waals surface area contributed by atoms with Crippen LogP contribution in [0.5, 0.6) is 0 Å². The number of aromatic nitrogens is 2. The third-order valence-corrected chi connectivity index (χ3v) is 5.28.